The molecule has 3 aromatic rings. The molecule has 7 nitrogen and oxygen atoms in total. The van der Waals surface area contributed by atoms with E-state index in [1.165, 1.54) is 11.9 Å². The molecular formula is C19H21N5O2. The molecule has 0 radical (unpaired) electrons. The summed E-state index contributed by atoms with van der Waals surface area (Å²) in [6.45, 7) is 5.45. The summed E-state index contributed by atoms with van der Waals surface area (Å²) < 4.78 is 5.22. The van der Waals surface area contributed by atoms with Gasteiger partial charge in [0.15, 0.2) is 0 Å². The number of rotatable bonds is 3. The lowest BCUT2D eigenvalue weighted by Gasteiger charge is -2.32. The molecule has 0 spiro atoms. The topological polar surface area (TPSA) is 84.2 Å². The van der Waals surface area contributed by atoms with Gasteiger partial charge in [-0.1, -0.05) is 22.9 Å². The minimum absolute atomic E-state index is 0.00783. The first-order chi connectivity index (χ1) is 12.6. The number of nitrogens with zero attached hydrogens (tertiary/aromatic N) is 4. The van der Waals surface area contributed by atoms with E-state index in [2.05, 4.69) is 25.3 Å². The lowest BCUT2D eigenvalue weighted by molar-refractivity contribution is -0.120. The van der Waals surface area contributed by atoms with E-state index in [4.69, 9.17) is 4.52 Å². The highest BCUT2D eigenvalue weighted by atomic mass is 16.5. The van der Waals surface area contributed by atoms with Gasteiger partial charge in [0, 0.05) is 24.7 Å². The van der Waals surface area contributed by atoms with E-state index in [9.17, 15) is 4.79 Å². The first-order valence-corrected chi connectivity index (χ1v) is 8.81. The Kier molecular flexibility index (Phi) is 4.28. The van der Waals surface area contributed by atoms with Crippen LogP contribution in [0.2, 0.25) is 0 Å². The first kappa shape index (κ1) is 16.5. The van der Waals surface area contributed by atoms with Crippen molar-refractivity contribution in [1.29, 1.82) is 0 Å². The summed E-state index contributed by atoms with van der Waals surface area (Å²) in [4.78, 5) is 23.3. The average molecular weight is 351 g/mol. The van der Waals surface area contributed by atoms with Gasteiger partial charge in [0.1, 0.15) is 17.5 Å². The average Bonchev–Trinajstić information content (AvgIpc) is 3.05. The molecule has 1 N–H and O–H groups in total. The van der Waals surface area contributed by atoms with Crippen molar-refractivity contribution < 1.29 is 9.32 Å². The minimum atomic E-state index is 0.00783. The number of carbonyl (C=O) groups excluding carboxylic acids is 1. The van der Waals surface area contributed by atoms with Crippen LogP contribution in [-0.4, -0.2) is 34.1 Å². The Hall–Kier alpha value is -2.96. The Morgan fingerprint density at radius 2 is 1.88 bits per heavy atom. The normalized spacial score (nSPS) is 15.4. The molecule has 1 amide bonds. The van der Waals surface area contributed by atoms with Crippen LogP contribution in [0.4, 0.5) is 11.5 Å². The van der Waals surface area contributed by atoms with Crippen molar-refractivity contribution in [3.63, 3.8) is 0 Å². The van der Waals surface area contributed by atoms with Crippen molar-refractivity contribution in [1.82, 2.24) is 15.1 Å². The number of amides is 1. The van der Waals surface area contributed by atoms with Crippen LogP contribution in [0.1, 0.15) is 24.1 Å². The molecule has 1 aromatic carbocycles. The van der Waals surface area contributed by atoms with Crippen LogP contribution >= 0.6 is 0 Å². The van der Waals surface area contributed by atoms with Crippen molar-refractivity contribution in [3.8, 4) is 0 Å². The highest BCUT2D eigenvalue weighted by molar-refractivity contribution is 5.93. The number of aryl methyl sites for hydroxylation is 2. The van der Waals surface area contributed by atoms with Crippen molar-refractivity contribution in [2.24, 2.45) is 5.92 Å². The summed E-state index contributed by atoms with van der Waals surface area (Å²) in [6, 6.07) is 7.88. The number of piperidine rings is 1. The molecule has 0 bridgehead atoms. The van der Waals surface area contributed by atoms with Crippen LogP contribution < -0.4 is 10.2 Å². The van der Waals surface area contributed by atoms with Crippen LogP contribution in [0.5, 0.6) is 0 Å². The lowest BCUT2D eigenvalue weighted by Crippen LogP contribution is -2.38. The fourth-order valence-electron chi connectivity index (χ4n) is 3.38. The predicted molar refractivity (Wildman–Crippen MR) is 99.1 cm³/mol. The van der Waals surface area contributed by atoms with Gasteiger partial charge >= 0.3 is 0 Å². The third-order valence-corrected chi connectivity index (χ3v) is 4.91. The summed E-state index contributed by atoms with van der Waals surface area (Å²) in [7, 11) is 0. The third kappa shape index (κ3) is 3.12. The largest absolute Gasteiger partial charge is 0.356 e. The molecule has 26 heavy (non-hydrogen) atoms. The molecule has 1 saturated heterocycles. The van der Waals surface area contributed by atoms with Gasteiger partial charge in [0.05, 0.1) is 5.69 Å². The van der Waals surface area contributed by atoms with Gasteiger partial charge in [-0.2, -0.15) is 4.98 Å². The molecule has 0 atom stereocenters. The zero-order valence-corrected chi connectivity index (χ0v) is 14.9. The number of carbonyl (C=O) groups is 1. The number of aromatic nitrogens is 3. The molecule has 0 aliphatic carbocycles. The molecule has 4 rings (SSSR count). The SMILES string of the molecule is Cc1ccc(NC(=O)C2CCN(c3ncnc4onc(C)c34)CC2)cc1. The molecule has 1 aliphatic heterocycles. The van der Waals surface area contributed by atoms with Crippen LogP contribution in [0.25, 0.3) is 11.1 Å². The zero-order chi connectivity index (χ0) is 18.1. The lowest BCUT2D eigenvalue weighted by atomic mass is 9.95. The monoisotopic (exact) mass is 351 g/mol. The maximum atomic E-state index is 12.5. The first-order valence-electron chi connectivity index (χ1n) is 8.81. The van der Waals surface area contributed by atoms with Crippen molar-refractivity contribution in [3.05, 3.63) is 41.9 Å². The maximum absolute atomic E-state index is 12.5. The van der Waals surface area contributed by atoms with E-state index in [0.717, 1.165) is 48.5 Å². The molecule has 3 heterocycles. The van der Waals surface area contributed by atoms with Crippen molar-refractivity contribution in [2.45, 2.75) is 26.7 Å². The van der Waals surface area contributed by atoms with Crippen LogP contribution in [0.15, 0.2) is 35.1 Å². The highest BCUT2D eigenvalue weighted by Gasteiger charge is 2.27. The van der Waals surface area contributed by atoms with E-state index in [-0.39, 0.29) is 11.8 Å². The summed E-state index contributed by atoms with van der Waals surface area (Å²) in [5.41, 5.74) is 3.32. The summed E-state index contributed by atoms with van der Waals surface area (Å²) in [5.74, 6) is 0.932. The fraction of sp³-hybridized carbons (Fsp3) is 0.368. The summed E-state index contributed by atoms with van der Waals surface area (Å²) in [5, 5.41) is 7.86. The minimum Gasteiger partial charge on any atom is -0.356 e. The van der Waals surface area contributed by atoms with Crippen molar-refractivity contribution >= 4 is 28.5 Å². The number of anilines is 2. The molecule has 1 aliphatic rings. The standard InChI is InChI=1S/C19H21N5O2/c1-12-3-5-15(6-4-12)22-18(25)14-7-9-24(10-8-14)17-16-13(2)23-26-19(16)21-11-20-17/h3-6,11,14H,7-10H2,1-2H3,(H,22,25). The van der Waals surface area contributed by atoms with E-state index in [1.807, 2.05) is 38.1 Å². The van der Waals surface area contributed by atoms with Gasteiger partial charge < -0.3 is 14.7 Å². The number of nitrogens with one attached hydrogen (secondary N) is 1. The van der Waals surface area contributed by atoms with Crippen LogP contribution in [0.3, 0.4) is 0 Å². The highest BCUT2D eigenvalue weighted by Crippen LogP contribution is 2.29. The Balaban J connectivity index is 1.43. The number of benzene rings is 1. The molecule has 7 heteroatoms. The van der Waals surface area contributed by atoms with E-state index >= 15 is 0 Å². The second kappa shape index (κ2) is 6.74. The Morgan fingerprint density at radius 1 is 1.15 bits per heavy atom. The third-order valence-electron chi connectivity index (χ3n) is 4.91. The van der Waals surface area contributed by atoms with E-state index < -0.39 is 0 Å². The van der Waals surface area contributed by atoms with Gasteiger partial charge in [0.2, 0.25) is 5.91 Å². The Morgan fingerprint density at radius 3 is 2.62 bits per heavy atom. The zero-order valence-electron chi connectivity index (χ0n) is 14.9. The van der Waals surface area contributed by atoms with Crippen LogP contribution in [0, 0.1) is 19.8 Å². The van der Waals surface area contributed by atoms with Gasteiger partial charge in [0.25, 0.3) is 5.71 Å². The fourth-order valence-corrected chi connectivity index (χ4v) is 3.38. The van der Waals surface area contributed by atoms with Gasteiger partial charge in [-0.15, -0.1) is 0 Å². The van der Waals surface area contributed by atoms with E-state index in [1.54, 1.807) is 0 Å². The Labute approximate surface area is 151 Å². The second-order valence-electron chi connectivity index (χ2n) is 6.76. The molecule has 0 saturated carbocycles. The quantitative estimate of drug-likeness (QED) is 0.781. The summed E-state index contributed by atoms with van der Waals surface area (Å²) >= 11 is 0. The molecular weight excluding hydrogens is 330 g/mol. The molecule has 2 aromatic heterocycles. The number of fused-ring (bicyclic) bond motifs is 1. The number of hydrogen-bond donors (Lipinski definition) is 1. The summed E-state index contributed by atoms with van der Waals surface area (Å²) in [6.07, 6.45) is 3.07. The van der Waals surface area contributed by atoms with Gasteiger partial charge in [-0.05, 0) is 38.8 Å². The van der Waals surface area contributed by atoms with Gasteiger partial charge in [-0.3, -0.25) is 4.79 Å². The van der Waals surface area contributed by atoms with Crippen LogP contribution in [-0.2, 0) is 4.79 Å². The molecule has 134 valence electrons. The smallest absolute Gasteiger partial charge is 0.263 e. The second-order valence-corrected chi connectivity index (χ2v) is 6.76. The Bertz CT molecular complexity index is 927. The number of hydrogen-bond acceptors (Lipinski definition) is 6. The van der Waals surface area contributed by atoms with E-state index in [0.29, 0.717) is 5.71 Å². The molecule has 1 fully saturated rings. The maximum Gasteiger partial charge on any atom is 0.263 e. The predicted octanol–water partition coefficient (Wildman–Crippen LogP) is 3.09. The van der Waals surface area contributed by atoms with Crippen molar-refractivity contribution in [2.75, 3.05) is 23.3 Å². The molecule has 0 unspecified atom stereocenters. The van der Waals surface area contributed by atoms with Gasteiger partial charge in [-0.25, -0.2) is 4.98 Å².